The molecular formula is C44H49ClN6O4. The Kier molecular flexibility index (Phi) is 12.3. The number of nitrogens with zero attached hydrogens (tertiary/aromatic N) is 5. The minimum absolute atomic E-state index is 0.201. The quantitative estimate of drug-likeness (QED) is 0.104. The lowest BCUT2D eigenvalue weighted by molar-refractivity contribution is 0.173. The molecule has 1 aliphatic heterocycles. The van der Waals surface area contributed by atoms with Gasteiger partial charge in [0.15, 0.2) is 0 Å². The van der Waals surface area contributed by atoms with Gasteiger partial charge in [0.2, 0.25) is 0 Å². The number of aromatic nitrogens is 3. The maximum Gasteiger partial charge on any atom is 0.142 e. The van der Waals surface area contributed by atoms with Gasteiger partial charge in [-0.15, -0.1) is 0 Å². The smallest absolute Gasteiger partial charge is 0.142 e. The van der Waals surface area contributed by atoms with E-state index < -0.39 is 0 Å². The number of aliphatic hydroxyl groups excluding tert-OH is 1. The summed E-state index contributed by atoms with van der Waals surface area (Å²) in [7, 11) is 2.14. The third-order valence-electron chi connectivity index (χ3n) is 11.0. The normalized spacial score (nSPS) is 16.9. The van der Waals surface area contributed by atoms with E-state index in [0.29, 0.717) is 47.9 Å². The molecule has 0 bridgehead atoms. The number of hydrogen-bond donors (Lipinski definition) is 2. The number of aromatic amines is 1. The van der Waals surface area contributed by atoms with E-state index >= 15 is 0 Å². The summed E-state index contributed by atoms with van der Waals surface area (Å²) in [6.45, 7) is 8.69. The highest BCUT2D eigenvalue weighted by molar-refractivity contribution is 6.32. The van der Waals surface area contributed by atoms with Gasteiger partial charge in [0.1, 0.15) is 36.5 Å². The van der Waals surface area contributed by atoms with E-state index in [1.807, 2.05) is 30.5 Å². The summed E-state index contributed by atoms with van der Waals surface area (Å²) >= 11 is 6.96. The fraction of sp³-hybridized carbons (Fsp3) is 0.386. The van der Waals surface area contributed by atoms with E-state index in [2.05, 4.69) is 76.2 Å². The average molecular weight is 761 g/mol. The molecule has 0 radical (unpaired) electrons. The minimum Gasteiger partial charge on any atom is -0.493 e. The molecule has 10 nitrogen and oxygen atoms in total. The number of rotatable bonds is 15. The van der Waals surface area contributed by atoms with Crippen LogP contribution in [0.15, 0.2) is 73.2 Å². The van der Waals surface area contributed by atoms with Gasteiger partial charge >= 0.3 is 0 Å². The Labute approximate surface area is 328 Å². The highest BCUT2D eigenvalue weighted by atomic mass is 35.5. The van der Waals surface area contributed by atoms with Gasteiger partial charge in [0.25, 0.3) is 0 Å². The summed E-state index contributed by atoms with van der Waals surface area (Å²) in [4.78, 5) is 8.86. The number of halogens is 1. The second-order valence-electron chi connectivity index (χ2n) is 14.8. The molecule has 5 aromatic rings. The standard InChI is InChI=1S/C44H49ClN6O4/c1-29-33(7-4-8-38(29)39-9-5-10-42(30(39)2)53-16-6-14-51-15-13-37(52)26-51)28-55-44-20-43(54-27-32-17-31(21-46)22-47-23-32)35(19-40(44)45)25-50(3)36-11-12-41-34(18-36)24-48-49-41/h4-5,7-10,17,19-20,22-24,36-37,52H,6,11-16,18,25-28H2,1-3H3,(H,48,49)/t36?,37-/m1/s1. The van der Waals surface area contributed by atoms with Gasteiger partial charge < -0.3 is 24.2 Å². The highest BCUT2D eigenvalue weighted by Crippen LogP contribution is 2.37. The Bertz CT molecular complexity index is 2150. The molecule has 286 valence electrons. The van der Waals surface area contributed by atoms with Crippen LogP contribution in [0.4, 0.5) is 0 Å². The number of β-amino-alcohol motifs (C(OH)–C–C–N with tert-alkyl or cyclic N) is 1. The van der Waals surface area contributed by atoms with Gasteiger partial charge in [-0.2, -0.15) is 10.4 Å². The Morgan fingerprint density at radius 1 is 0.945 bits per heavy atom. The zero-order valence-corrected chi connectivity index (χ0v) is 32.6. The third-order valence-corrected chi connectivity index (χ3v) is 11.3. The molecule has 2 aromatic heterocycles. The molecule has 3 heterocycles. The van der Waals surface area contributed by atoms with E-state index in [1.165, 1.54) is 11.3 Å². The lowest BCUT2D eigenvalue weighted by Gasteiger charge is -2.31. The van der Waals surface area contributed by atoms with Crippen LogP contribution in [0.5, 0.6) is 17.2 Å². The summed E-state index contributed by atoms with van der Waals surface area (Å²) in [5.74, 6) is 2.09. The van der Waals surface area contributed by atoms with E-state index in [4.69, 9.17) is 25.8 Å². The van der Waals surface area contributed by atoms with Crippen molar-refractivity contribution in [1.29, 1.82) is 5.26 Å². The van der Waals surface area contributed by atoms with Crippen molar-refractivity contribution in [2.45, 2.75) is 77.9 Å². The van der Waals surface area contributed by atoms with Crippen molar-refractivity contribution in [1.82, 2.24) is 25.0 Å². The monoisotopic (exact) mass is 760 g/mol. The number of pyridine rings is 1. The predicted octanol–water partition coefficient (Wildman–Crippen LogP) is 7.60. The number of fused-ring (bicyclic) bond motifs is 1. The zero-order valence-electron chi connectivity index (χ0n) is 31.9. The molecule has 3 aromatic carbocycles. The molecule has 2 N–H and O–H groups in total. The summed E-state index contributed by atoms with van der Waals surface area (Å²) in [5.41, 5.74) is 10.3. The fourth-order valence-electron chi connectivity index (χ4n) is 7.74. The van der Waals surface area contributed by atoms with E-state index in [-0.39, 0.29) is 12.7 Å². The van der Waals surface area contributed by atoms with Gasteiger partial charge in [-0.05, 0) is 105 Å². The maximum atomic E-state index is 9.82. The van der Waals surface area contributed by atoms with Crippen LogP contribution in [0.3, 0.4) is 0 Å². The minimum atomic E-state index is -0.201. The zero-order chi connectivity index (χ0) is 38.3. The van der Waals surface area contributed by atoms with Crippen molar-refractivity contribution in [2.24, 2.45) is 0 Å². The van der Waals surface area contributed by atoms with Gasteiger partial charge in [-0.25, -0.2) is 0 Å². The Morgan fingerprint density at radius 3 is 2.58 bits per heavy atom. The molecule has 2 atom stereocenters. The lowest BCUT2D eigenvalue weighted by Crippen LogP contribution is -2.36. The van der Waals surface area contributed by atoms with Gasteiger partial charge in [0.05, 0.1) is 29.5 Å². The number of benzene rings is 3. The van der Waals surface area contributed by atoms with Crippen LogP contribution < -0.4 is 14.2 Å². The van der Waals surface area contributed by atoms with Crippen LogP contribution in [0.1, 0.15) is 63.9 Å². The topological polar surface area (TPSA) is 120 Å². The number of nitrogens with one attached hydrogen (secondary N) is 1. The Hall–Kier alpha value is -4.92. The first-order chi connectivity index (χ1) is 26.7. The SMILES string of the molecule is Cc1c(COc2cc(OCc3cncc(C#N)c3)c(CN(C)C3CCc4[nH]ncc4C3)cc2Cl)cccc1-c1cccc(OCCCN2CC[C@@H](O)C2)c1C. The summed E-state index contributed by atoms with van der Waals surface area (Å²) in [5, 5.41) is 27.1. The van der Waals surface area contributed by atoms with Crippen LogP contribution in [0.2, 0.25) is 5.02 Å². The number of hydrogen-bond acceptors (Lipinski definition) is 9. The number of aliphatic hydroxyl groups is 1. The number of likely N-dealkylation sites (N-methyl/N-ethyl adjacent to an activating group) is 1. The second kappa shape index (κ2) is 17.7. The molecule has 1 unspecified atom stereocenters. The van der Waals surface area contributed by atoms with Crippen LogP contribution >= 0.6 is 11.6 Å². The molecule has 0 spiro atoms. The summed E-state index contributed by atoms with van der Waals surface area (Å²) in [6.07, 6.45) is 9.69. The van der Waals surface area contributed by atoms with E-state index in [0.717, 1.165) is 96.4 Å². The van der Waals surface area contributed by atoms with Crippen LogP contribution in [0, 0.1) is 25.2 Å². The van der Waals surface area contributed by atoms with Crippen LogP contribution in [-0.4, -0.2) is 75.5 Å². The van der Waals surface area contributed by atoms with Crippen LogP contribution in [-0.2, 0) is 32.6 Å². The van der Waals surface area contributed by atoms with Crippen molar-refractivity contribution >= 4 is 11.6 Å². The number of H-pyrrole nitrogens is 1. The summed E-state index contributed by atoms with van der Waals surface area (Å²) < 4.78 is 19.2. The third kappa shape index (κ3) is 9.31. The molecule has 1 saturated heterocycles. The fourth-order valence-corrected chi connectivity index (χ4v) is 7.98. The number of ether oxygens (including phenoxy) is 3. The highest BCUT2D eigenvalue weighted by Gasteiger charge is 2.25. The van der Waals surface area contributed by atoms with E-state index in [9.17, 15) is 10.4 Å². The molecule has 7 rings (SSSR count). The van der Waals surface area contributed by atoms with Crippen molar-refractivity contribution in [2.75, 3.05) is 33.3 Å². The van der Waals surface area contributed by atoms with E-state index in [1.54, 1.807) is 18.5 Å². The molecule has 55 heavy (non-hydrogen) atoms. The molecule has 0 saturated carbocycles. The first kappa shape index (κ1) is 38.4. The lowest BCUT2D eigenvalue weighted by atomic mass is 9.92. The Balaban J connectivity index is 1.06. The average Bonchev–Trinajstić information content (AvgIpc) is 3.85. The molecule has 2 aliphatic rings. The predicted molar refractivity (Wildman–Crippen MR) is 213 cm³/mol. The first-order valence-electron chi connectivity index (χ1n) is 19.1. The molecule has 1 fully saturated rings. The number of nitriles is 1. The van der Waals surface area contributed by atoms with Gasteiger partial charge in [-0.3, -0.25) is 15.0 Å². The largest absolute Gasteiger partial charge is 0.493 e. The molecular weight excluding hydrogens is 712 g/mol. The van der Waals surface area contributed by atoms with Crippen molar-refractivity contribution in [3.8, 4) is 34.4 Å². The maximum absolute atomic E-state index is 9.82. The van der Waals surface area contributed by atoms with Gasteiger partial charge in [0, 0.05) is 67.5 Å². The molecule has 11 heteroatoms. The first-order valence-corrected chi connectivity index (χ1v) is 19.5. The van der Waals surface area contributed by atoms with Crippen molar-refractivity contribution in [3.05, 3.63) is 123 Å². The number of likely N-dealkylation sites (tertiary alicyclic amines) is 1. The summed E-state index contributed by atoms with van der Waals surface area (Å²) in [6, 6.07) is 20.6. The van der Waals surface area contributed by atoms with Gasteiger partial charge in [-0.1, -0.05) is 41.9 Å². The van der Waals surface area contributed by atoms with Crippen molar-refractivity contribution in [3.63, 3.8) is 0 Å². The Morgan fingerprint density at radius 2 is 1.76 bits per heavy atom. The van der Waals surface area contributed by atoms with Crippen molar-refractivity contribution < 1.29 is 19.3 Å². The molecule has 0 amide bonds. The number of aryl methyl sites for hydroxylation is 1. The second-order valence-corrected chi connectivity index (χ2v) is 15.2. The van der Waals surface area contributed by atoms with Crippen LogP contribution in [0.25, 0.3) is 11.1 Å². The molecule has 1 aliphatic carbocycles.